The second-order valence-electron chi connectivity index (χ2n) is 8.33. The zero-order valence-electron chi connectivity index (χ0n) is 18.3. The Hall–Kier alpha value is -3.70. The summed E-state index contributed by atoms with van der Waals surface area (Å²) in [6.07, 6.45) is 5.29. The third-order valence-corrected chi connectivity index (χ3v) is 6.05. The van der Waals surface area contributed by atoms with Crippen LogP contribution in [0.5, 0.6) is 0 Å². The molecule has 3 aromatic rings. The Labute approximate surface area is 186 Å². The number of nitrogens with one attached hydrogen (secondary N) is 2. The summed E-state index contributed by atoms with van der Waals surface area (Å²) in [5.74, 6) is 0.749. The van der Waals surface area contributed by atoms with Crippen molar-refractivity contribution in [2.75, 3.05) is 26.7 Å². The molecule has 1 aliphatic heterocycles. The van der Waals surface area contributed by atoms with Crippen LogP contribution in [0.1, 0.15) is 34.3 Å². The summed E-state index contributed by atoms with van der Waals surface area (Å²) >= 11 is 0. The molecule has 8 nitrogen and oxygen atoms in total. The number of hydrogen-bond acceptors (Lipinski definition) is 5. The number of H-pyrrole nitrogens is 1. The van der Waals surface area contributed by atoms with Crippen molar-refractivity contribution in [2.45, 2.75) is 19.8 Å². The van der Waals surface area contributed by atoms with Crippen LogP contribution in [0.2, 0.25) is 0 Å². The highest BCUT2D eigenvalue weighted by Crippen LogP contribution is 2.21. The van der Waals surface area contributed by atoms with E-state index in [0.29, 0.717) is 35.0 Å². The molecule has 1 aliphatic rings. The molecule has 0 unspecified atom stereocenters. The van der Waals surface area contributed by atoms with Crippen LogP contribution in [-0.4, -0.2) is 52.3 Å². The molecule has 0 atom stereocenters. The zero-order chi connectivity index (χ0) is 22.7. The van der Waals surface area contributed by atoms with Gasteiger partial charge in [0.05, 0.1) is 22.8 Å². The van der Waals surface area contributed by atoms with E-state index in [0.717, 1.165) is 37.1 Å². The second kappa shape index (κ2) is 9.20. The summed E-state index contributed by atoms with van der Waals surface area (Å²) in [5.41, 5.74) is 2.86. The molecule has 1 amide bonds. The molecule has 0 spiro atoms. The maximum atomic E-state index is 12.9. The molecule has 8 heteroatoms. The number of carbonyl (C=O) groups is 1. The summed E-state index contributed by atoms with van der Waals surface area (Å²) in [5, 5.41) is 15.0. The van der Waals surface area contributed by atoms with Crippen molar-refractivity contribution in [3.8, 4) is 23.0 Å². The first-order valence-electron chi connectivity index (χ1n) is 10.7. The Morgan fingerprint density at radius 1 is 1.25 bits per heavy atom. The molecule has 32 heavy (non-hydrogen) atoms. The van der Waals surface area contributed by atoms with Gasteiger partial charge in [-0.15, -0.1) is 0 Å². The topological polar surface area (TPSA) is 107 Å². The molecule has 1 fully saturated rings. The van der Waals surface area contributed by atoms with Crippen molar-refractivity contribution >= 4 is 5.91 Å². The van der Waals surface area contributed by atoms with E-state index in [4.69, 9.17) is 5.26 Å². The monoisotopic (exact) mass is 430 g/mol. The number of aromatic nitrogens is 3. The summed E-state index contributed by atoms with van der Waals surface area (Å²) < 4.78 is 1.34. The van der Waals surface area contributed by atoms with Crippen LogP contribution in [-0.2, 0) is 0 Å². The maximum absolute atomic E-state index is 12.9. The zero-order valence-corrected chi connectivity index (χ0v) is 18.3. The van der Waals surface area contributed by atoms with Crippen LogP contribution >= 0.6 is 0 Å². The van der Waals surface area contributed by atoms with Gasteiger partial charge in [0.25, 0.3) is 11.5 Å². The molecule has 2 aromatic heterocycles. The smallest absolute Gasteiger partial charge is 0.280 e. The number of benzene rings is 1. The average molecular weight is 431 g/mol. The molecule has 3 heterocycles. The van der Waals surface area contributed by atoms with E-state index in [9.17, 15) is 9.59 Å². The Balaban J connectivity index is 1.46. The second-order valence-corrected chi connectivity index (χ2v) is 8.33. The number of hydrogen-bond donors (Lipinski definition) is 2. The van der Waals surface area contributed by atoms with Crippen molar-refractivity contribution in [3.05, 3.63) is 69.8 Å². The molecule has 164 valence electrons. The first-order chi connectivity index (χ1) is 15.5. The van der Waals surface area contributed by atoms with E-state index >= 15 is 0 Å². The number of pyridine rings is 1. The summed E-state index contributed by atoms with van der Waals surface area (Å²) in [6, 6.07) is 10.6. The number of carbonyl (C=O) groups excluding carboxylic acids is 1. The third kappa shape index (κ3) is 4.48. The van der Waals surface area contributed by atoms with Crippen molar-refractivity contribution in [1.82, 2.24) is 25.0 Å². The third-order valence-electron chi connectivity index (χ3n) is 6.05. The highest BCUT2D eigenvalue weighted by atomic mass is 16.1. The standard InChI is InChI=1S/C24H26N6O2/c1-16-11-18(12-25)3-5-20(16)21-15-28-30(24(21)32)22-6-4-19(14-26-22)23(31)27-13-17-7-9-29(2)10-8-17/h3-6,11,14-15,17,28H,7-10,13H2,1-2H3,(H,27,31). The van der Waals surface area contributed by atoms with Gasteiger partial charge in [-0.1, -0.05) is 6.07 Å². The van der Waals surface area contributed by atoms with Gasteiger partial charge in [0.1, 0.15) is 0 Å². The minimum Gasteiger partial charge on any atom is -0.352 e. The predicted octanol–water partition coefficient (Wildman–Crippen LogP) is 2.48. The van der Waals surface area contributed by atoms with Gasteiger partial charge in [-0.25, -0.2) is 9.67 Å². The van der Waals surface area contributed by atoms with Gasteiger partial charge in [0, 0.05) is 18.9 Å². The molecule has 2 N–H and O–H groups in total. The van der Waals surface area contributed by atoms with Crippen LogP contribution < -0.4 is 10.9 Å². The number of nitriles is 1. The Bertz CT molecular complexity index is 1210. The van der Waals surface area contributed by atoms with Crippen molar-refractivity contribution in [1.29, 1.82) is 5.26 Å². The van der Waals surface area contributed by atoms with E-state index in [1.165, 1.54) is 10.9 Å². The largest absolute Gasteiger partial charge is 0.352 e. The quantitative estimate of drug-likeness (QED) is 0.647. The predicted molar refractivity (Wildman–Crippen MR) is 122 cm³/mol. The van der Waals surface area contributed by atoms with E-state index in [-0.39, 0.29) is 11.5 Å². The first-order valence-corrected chi connectivity index (χ1v) is 10.7. The number of aromatic amines is 1. The lowest BCUT2D eigenvalue weighted by Crippen LogP contribution is -2.36. The normalized spacial score (nSPS) is 14.8. The van der Waals surface area contributed by atoms with Gasteiger partial charge in [-0.2, -0.15) is 5.26 Å². The average Bonchev–Trinajstić information content (AvgIpc) is 3.19. The van der Waals surface area contributed by atoms with Crippen LogP contribution in [0.15, 0.2) is 47.5 Å². The highest BCUT2D eigenvalue weighted by Gasteiger charge is 2.18. The molecular formula is C24H26N6O2. The van der Waals surface area contributed by atoms with E-state index in [1.54, 1.807) is 36.5 Å². The van der Waals surface area contributed by atoms with Gasteiger partial charge < -0.3 is 10.2 Å². The first kappa shape index (κ1) is 21.5. The number of nitrogens with zero attached hydrogens (tertiary/aromatic N) is 4. The summed E-state index contributed by atoms with van der Waals surface area (Å²) in [7, 11) is 2.12. The number of rotatable bonds is 5. The molecule has 0 bridgehead atoms. The molecule has 4 rings (SSSR count). The number of likely N-dealkylation sites (tertiary alicyclic amines) is 1. The fourth-order valence-corrected chi connectivity index (χ4v) is 4.03. The number of amides is 1. The van der Waals surface area contributed by atoms with E-state index in [1.807, 2.05) is 6.92 Å². The fraction of sp³-hybridized carbons (Fsp3) is 0.333. The van der Waals surface area contributed by atoms with Crippen molar-refractivity contribution < 1.29 is 4.79 Å². The summed E-state index contributed by atoms with van der Waals surface area (Å²) in [6.45, 7) is 4.65. The van der Waals surface area contributed by atoms with Gasteiger partial charge >= 0.3 is 0 Å². The van der Waals surface area contributed by atoms with Crippen LogP contribution in [0.4, 0.5) is 0 Å². The minimum absolute atomic E-state index is 0.157. The fourth-order valence-electron chi connectivity index (χ4n) is 4.03. The number of aryl methyl sites for hydroxylation is 1. The lowest BCUT2D eigenvalue weighted by molar-refractivity contribution is 0.0938. The maximum Gasteiger partial charge on any atom is 0.280 e. The lowest BCUT2D eigenvalue weighted by Gasteiger charge is -2.28. The van der Waals surface area contributed by atoms with Gasteiger partial charge in [0.2, 0.25) is 0 Å². The van der Waals surface area contributed by atoms with Gasteiger partial charge in [0.15, 0.2) is 5.82 Å². The van der Waals surface area contributed by atoms with E-state index in [2.05, 4.69) is 33.4 Å². The van der Waals surface area contributed by atoms with Crippen molar-refractivity contribution in [3.63, 3.8) is 0 Å². The molecule has 1 aromatic carbocycles. The Kier molecular flexibility index (Phi) is 6.19. The van der Waals surface area contributed by atoms with E-state index < -0.39 is 0 Å². The van der Waals surface area contributed by atoms with Crippen LogP contribution in [0.25, 0.3) is 16.9 Å². The Morgan fingerprint density at radius 3 is 2.69 bits per heavy atom. The molecule has 0 aliphatic carbocycles. The number of piperidine rings is 1. The molecular weight excluding hydrogens is 404 g/mol. The lowest BCUT2D eigenvalue weighted by atomic mass is 9.97. The van der Waals surface area contributed by atoms with Crippen molar-refractivity contribution in [2.24, 2.45) is 5.92 Å². The minimum atomic E-state index is -0.246. The van der Waals surface area contributed by atoms with Crippen LogP contribution in [0.3, 0.4) is 0 Å². The summed E-state index contributed by atoms with van der Waals surface area (Å²) in [4.78, 5) is 32.0. The van der Waals surface area contributed by atoms with Crippen LogP contribution in [0, 0.1) is 24.2 Å². The SMILES string of the molecule is Cc1cc(C#N)ccc1-c1c[nH]n(-c2ccc(C(=O)NCC3CCN(C)CC3)cn2)c1=O. The molecule has 1 saturated heterocycles. The molecule has 0 radical (unpaired) electrons. The van der Waals surface area contributed by atoms with Gasteiger partial charge in [-0.05, 0) is 81.2 Å². The highest BCUT2D eigenvalue weighted by molar-refractivity contribution is 5.93. The molecule has 0 saturated carbocycles. The van der Waals surface area contributed by atoms with Gasteiger partial charge in [-0.3, -0.25) is 14.7 Å². The Morgan fingerprint density at radius 2 is 2.03 bits per heavy atom.